The van der Waals surface area contributed by atoms with Gasteiger partial charge in [0.2, 0.25) is 0 Å². The van der Waals surface area contributed by atoms with Crippen molar-refractivity contribution in [2.24, 2.45) is 17.8 Å². The number of aliphatic hydroxyl groups excluding tert-OH is 2. The summed E-state index contributed by atoms with van der Waals surface area (Å²) < 4.78 is 6.03. The monoisotopic (exact) mass is 256 g/mol. The van der Waals surface area contributed by atoms with Gasteiger partial charge in [0, 0.05) is 18.9 Å². The lowest BCUT2D eigenvalue weighted by Gasteiger charge is -2.38. The van der Waals surface area contributed by atoms with Crippen molar-refractivity contribution in [2.45, 2.75) is 59.2 Å². The zero-order chi connectivity index (χ0) is 13.7. The van der Waals surface area contributed by atoms with E-state index in [9.17, 15) is 5.11 Å². The van der Waals surface area contributed by atoms with Crippen molar-refractivity contribution in [3.8, 4) is 0 Å². The van der Waals surface area contributed by atoms with Crippen LogP contribution in [0.2, 0.25) is 0 Å². The lowest BCUT2D eigenvalue weighted by Crippen LogP contribution is -2.40. The number of hydrogen-bond acceptors (Lipinski definition) is 3. The zero-order valence-corrected chi connectivity index (χ0v) is 12.1. The Morgan fingerprint density at radius 2 is 1.94 bits per heavy atom. The molecule has 0 bridgehead atoms. The molecular formula is C15H28O3. The lowest BCUT2D eigenvalue weighted by atomic mass is 9.80. The van der Waals surface area contributed by atoms with Gasteiger partial charge in [0.05, 0.1) is 11.9 Å². The normalized spacial score (nSPS) is 28.4. The summed E-state index contributed by atoms with van der Waals surface area (Å²) in [5.41, 5.74) is 0. The molecule has 3 heteroatoms. The van der Waals surface area contributed by atoms with Gasteiger partial charge in [-0.05, 0) is 30.8 Å². The zero-order valence-electron chi connectivity index (χ0n) is 12.1. The van der Waals surface area contributed by atoms with Crippen LogP contribution in [0.1, 0.15) is 47.0 Å². The smallest absolute Gasteiger partial charge is 0.104 e. The first-order chi connectivity index (χ1) is 8.45. The van der Waals surface area contributed by atoms with E-state index in [4.69, 9.17) is 9.84 Å². The van der Waals surface area contributed by atoms with Crippen LogP contribution in [0.4, 0.5) is 0 Å². The first-order valence-electron chi connectivity index (χ1n) is 7.12. The van der Waals surface area contributed by atoms with Gasteiger partial charge in [0.25, 0.3) is 0 Å². The van der Waals surface area contributed by atoms with Crippen molar-refractivity contribution in [2.75, 3.05) is 6.61 Å². The fraction of sp³-hybridized carbons (Fsp3) is 0.867. The average Bonchev–Trinajstić information content (AvgIpc) is 2.24. The van der Waals surface area contributed by atoms with E-state index in [1.54, 1.807) is 0 Å². The summed E-state index contributed by atoms with van der Waals surface area (Å²) >= 11 is 0. The summed E-state index contributed by atoms with van der Waals surface area (Å²) in [5, 5.41) is 19.1. The van der Waals surface area contributed by atoms with Crippen LogP contribution in [0.15, 0.2) is 11.8 Å². The van der Waals surface area contributed by atoms with Crippen molar-refractivity contribution < 1.29 is 14.9 Å². The highest BCUT2D eigenvalue weighted by atomic mass is 16.5. The first-order valence-corrected chi connectivity index (χ1v) is 7.12. The molecule has 0 aromatic rings. The lowest BCUT2D eigenvalue weighted by molar-refractivity contribution is -0.0453. The third-order valence-corrected chi connectivity index (χ3v) is 3.54. The Labute approximate surface area is 111 Å². The van der Waals surface area contributed by atoms with Crippen LogP contribution in [-0.2, 0) is 4.74 Å². The van der Waals surface area contributed by atoms with E-state index < -0.39 is 6.10 Å². The van der Waals surface area contributed by atoms with Crippen LogP contribution >= 0.6 is 0 Å². The van der Waals surface area contributed by atoms with E-state index in [-0.39, 0.29) is 18.6 Å². The Bertz CT molecular complexity index is 271. The molecule has 2 unspecified atom stereocenters. The van der Waals surface area contributed by atoms with Gasteiger partial charge >= 0.3 is 0 Å². The Morgan fingerprint density at radius 3 is 2.44 bits per heavy atom. The molecule has 0 saturated heterocycles. The fourth-order valence-electron chi connectivity index (χ4n) is 2.72. The second kappa shape index (κ2) is 7.15. The molecule has 1 heterocycles. The van der Waals surface area contributed by atoms with Crippen molar-refractivity contribution in [3.05, 3.63) is 11.8 Å². The Hall–Kier alpha value is -0.540. The summed E-state index contributed by atoms with van der Waals surface area (Å²) in [6, 6.07) is 0. The Balaban J connectivity index is 2.76. The maximum atomic E-state index is 10.3. The number of allylic oxidation sites excluding steroid dienone is 1. The van der Waals surface area contributed by atoms with E-state index in [0.29, 0.717) is 24.7 Å². The molecule has 1 rings (SSSR count). The van der Waals surface area contributed by atoms with Crippen LogP contribution in [0.3, 0.4) is 0 Å². The van der Waals surface area contributed by atoms with Crippen LogP contribution < -0.4 is 0 Å². The molecule has 106 valence electrons. The number of hydrogen-bond donors (Lipinski definition) is 2. The van der Waals surface area contributed by atoms with E-state index in [2.05, 4.69) is 27.7 Å². The highest BCUT2D eigenvalue weighted by Crippen LogP contribution is 2.34. The molecule has 0 fully saturated rings. The molecule has 0 aromatic carbocycles. The minimum absolute atomic E-state index is 0.0960. The molecule has 1 aliphatic rings. The summed E-state index contributed by atoms with van der Waals surface area (Å²) in [6.07, 6.45) is 3.88. The summed E-state index contributed by atoms with van der Waals surface area (Å²) in [7, 11) is 0. The van der Waals surface area contributed by atoms with Gasteiger partial charge in [0.15, 0.2) is 0 Å². The maximum Gasteiger partial charge on any atom is 0.104 e. The van der Waals surface area contributed by atoms with Gasteiger partial charge in [-0.25, -0.2) is 0 Å². The molecule has 3 nitrogen and oxygen atoms in total. The summed E-state index contributed by atoms with van der Waals surface area (Å²) in [6.45, 7) is 8.80. The average molecular weight is 256 g/mol. The van der Waals surface area contributed by atoms with Gasteiger partial charge in [-0.15, -0.1) is 0 Å². The van der Waals surface area contributed by atoms with Crippen molar-refractivity contribution in [1.82, 2.24) is 0 Å². The minimum Gasteiger partial charge on any atom is -0.495 e. The largest absolute Gasteiger partial charge is 0.495 e. The maximum absolute atomic E-state index is 10.3. The molecule has 2 N–H and O–H groups in total. The Kier molecular flexibility index (Phi) is 6.16. The number of rotatable bonds is 6. The van der Waals surface area contributed by atoms with Crippen LogP contribution in [0.25, 0.3) is 0 Å². The predicted octanol–water partition coefficient (Wildman–Crippen LogP) is 2.72. The molecule has 0 saturated carbocycles. The quantitative estimate of drug-likeness (QED) is 0.768. The second-order valence-electron chi connectivity index (χ2n) is 6.06. The molecule has 0 spiro atoms. The first kappa shape index (κ1) is 15.5. The molecule has 0 amide bonds. The highest BCUT2D eigenvalue weighted by Gasteiger charge is 2.35. The van der Waals surface area contributed by atoms with E-state index in [0.717, 1.165) is 12.2 Å². The van der Waals surface area contributed by atoms with E-state index in [1.807, 2.05) is 6.08 Å². The van der Waals surface area contributed by atoms with Crippen molar-refractivity contribution in [3.63, 3.8) is 0 Å². The minimum atomic E-state index is -0.420. The van der Waals surface area contributed by atoms with Crippen LogP contribution in [-0.4, -0.2) is 29.0 Å². The summed E-state index contributed by atoms with van der Waals surface area (Å²) in [4.78, 5) is 0. The molecule has 0 radical (unpaired) electrons. The molecule has 1 aliphatic heterocycles. The van der Waals surface area contributed by atoms with Gasteiger partial charge < -0.3 is 14.9 Å². The van der Waals surface area contributed by atoms with E-state index >= 15 is 0 Å². The molecule has 0 aliphatic carbocycles. The Morgan fingerprint density at radius 1 is 1.28 bits per heavy atom. The van der Waals surface area contributed by atoms with Crippen molar-refractivity contribution in [1.29, 1.82) is 0 Å². The molecule has 18 heavy (non-hydrogen) atoms. The number of aliphatic hydroxyl groups is 2. The van der Waals surface area contributed by atoms with Crippen LogP contribution in [0, 0.1) is 17.8 Å². The predicted molar refractivity (Wildman–Crippen MR) is 73.1 cm³/mol. The topological polar surface area (TPSA) is 49.7 Å². The SMILES string of the molecule is CC(C)CC1OC(CCCO)=C[C@@H](O)C1C(C)C. The second-order valence-corrected chi connectivity index (χ2v) is 6.06. The van der Waals surface area contributed by atoms with E-state index in [1.165, 1.54) is 0 Å². The van der Waals surface area contributed by atoms with Gasteiger partial charge in [-0.3, -0.25) is 0 Å². The molecule has 0 aromatic heterocycles. The third kappa shape index (κ3) is 4.29. The number of ether oxygens (including phenoxy) is 1. The standard InChI is InChI=1S/C15H28O3/c1-10(2)8-14-15(11(3)4)13(17)9-12(18-14)6-5-7-16/h9-11,13-17H,5-8H2,1-4H3/t13-,14?,15?/m1/s1. The van der Waals surface area contributed by atoms with Gasteiger partial charge in [-0.2, -0.15) is 0 Å². The molecule has 3 atom stereocenters. The van der Waals surface area contributed by atoms with Crippen molar-refractivity contribution >= 4 is 0 Å². The fourth-order valence-corrected chi connectivity index (χ4v) is 2.72. The van der Waals surface area contributed by atoms with Gasteiger partial charge in [-0.1, -0.05) is 27.7 Å². The van der Waals surface area contributed by atoms with Gasteiger partial charge in [0.1, 0.15) is 6.10 Å². The highest BCUT2D eigenvalue weighted by molar-refractivity contribution is 5.07. The summed E-state index contributed by atoms with van der Waals surface area (Å²) in [5.74, 6) is 1.98. The van der Waals surface area contributed by atoms with Crippen LogP contribution in [0.5, 0.6) is 0 Å². The molecular weight excluding hydrogens is 228 g/mol. The third-order valence-electron chi connectivity index (χ3n) is 3.54.